The molecule has 0 aliphatic carbocycles. The van der Waals surface area contributed by atoms with Crippen molar-refractivity contribution in [1.29, 1.82) is 0 Å². The van der Waals surface area contributed by atoms with Gasteiger partial charge in [0.05, 0.1) is 6.04 Å². The van der Waals surface area contributed by atoms with Crippen LogP contribution < -0.4 is 0 Å². The molecule has 0 aliphatic rings. The standard InChI is InChI=1S/C21H33NS/c1-7-11-13-17(5)15-22(10-4)21(19(9-3)12-8-2)20-14-18(6)16-23-20/h7-9,14,16-17,19,21H,1-3,10-13,15H2,4-6H3. The summed E-state index contributed by atoms with van der Waals surface area (Å²) in [5.41, 5.74) is 1.35. The van der Waals surface area contributed by atoms with Crippen molar-refractivity contribution in [3.05, 3.63) is 59.9 Å². The lowest BCUT2D eigenvalue weighted by Gasteiger charge is -2.36. The summed E-state index contributed by atoms with van der Waals surface area (Å²) in [6.07, 6.45) is 9.43. The van der Waals surface area contributed by atoms with Gasteiger partial charge >= 0.3 is 0 Å². The van der Waals surface area contributed by atoms with E-state index in [1.54, 1.807) is 0 Å². The maximum atomic E-state index is 4.10. The van der Waals surface area contributed by atoms with E-state index in [4.69, 9.17) is 0 Å². The Morgan fingerprint density at radius 3 is 2.48 bits per heavy atom. The molecule has 0 saturated carbocycles. The molecule has 23 heavy (non-hydrogen) atoms. The van der Waals surface area contributed by atoms with E-state index in [-0.39, 0.29) is 0 Å². The maximum Gasteiger partial charge on any atom is 0.0507 e. The van der Waals surface area contributed by atoms with E-state index >= 15 is 0 Å². The van der Waals surface area contributed by atoms with Crippen molar-refractivity contribution in [2.75, 3.05) is 13.1 Å². The molecule has 0 aromatic carbocycles. The highest BCUT2D eigenvalue weighted by Crippen LogP contribution is 2.36. The van der Waals surface area contributed by atoms with Crippen molar-refractivity contribution in [2.24, 2.45) is 11.8 Å². The predicted octanol–water partition coefficient (Wildman–Crippen LogP) is 6.40. The Morgan fingerprint density at radius 2 is 2.00 bits per heavy atom. The fourth-order valence-electron chi connectivity index (χ4n) is 3.15. The molecule has 0 aliphatic heterocycles. The second kappa shape index (κ2) is 10.6. The van der Waals surface area contributed by atoms with Gasteiger partial charge in [0.2, 0.25) is 0 Å². The summed E-state index contributed by atoms with van der Waals surface area (Å²) in [4.78, 5) is 4.07. The molecule has 0 amide bonds. The minimum atomic E-state index is 0.403. The average Bonchev–Trinajstić information content (AvgIpc) is 2.97. The lowest BCUT2D eigenvalue weighted by atomic mass is 9.92. The fraction of sp³-hybridized carbons (Fsp3) is 0.524. The van der Waals surface area contributed by atoms with Crippen LogP contribution >= 0.6 is 11.3 Å². The quantitative estimate of drug-likeness (QED) is 0.400. The lowest BCUT2D eigenvalue weighted by Crippen LogP contribution is -2.36. The molecule has 0 spiro atoms. The number of allylic oxidation sites excluding steroid dienone is 2. The first kappa shape index (κ1) is 19.9. The smallest absolute Gasteiger partial charge is 0.0507 e. The molecule has 1 nitrogen and oxygen atoms in total. The Labute approximate surface area is 147 Å². The topological polar surface area (TPSA) is 3.24 Å². The first-order chi connectivity index (χ1) is 11.1. The van der Waals surface area contributed by atoms with E-state index in [2.05, 4.69) is 62.9 Å². The normalized spacial score (nSPS) is 15.1. The molecule has 0 bridgehead atoms. The van der Waals surface area contributed by atoms with E-state index in [0.717, 1.165) is 25.9 Å². The minimum Gasteiger partial charge on any atom is -0.295 e. The Morgan fingerprint density at radius 1 is 1.26 bits per heavy atom. The van der Waals surface area contributed by atoms with E-state index in [0.29, 0.717) is 17.9 Å². The molecule has 1 aromatic heterocycles. The van der Waals surface area contributed by atoms with E-state index in [1.807, 2.05) is 23.5 Å². The van der Waals surface area contributed by atoms with Crippen molar-refractivity contribution in [2.45, 2.75) is 46.1 Å². The summed E-state index contributed by atoms with van der Waals surface area (Å²) in [7, 11) is 0. The summed E-state index contributed by atoms with van der Waals surface area (Å²) in [6, 6.07) is 2.74. The van der Waals surface area contributed by atoms with E-state index in [9.17, 15) is 0 Å². The minimum absolute atomic E-state index is 0.403. The first-order valence-corrected chi connectivity index (χ1v) is 9.58. The van der Waals surface area contributed by atoms with Crippen LogP contribution in [0, 0.1) is 18.8 Å². The molecule has 1 heterocycles. The molecular formula is C21H33NS. The Bertz CT molecular complexity index is 488. The SMILES string of the molecule is C=CCCC(C)CN(CC)C(c1cc(C)cs1)C(C=C)CC=C. The molecule has 0 fully saturated rings. The van der Waals surface area contributed by atoms with Gasteiger partial charge in [-0.25, -0.2) is 0 Å². The Balaban J connectivity index is 3.01. The molecule has 128 valence electrons. The summed E-state index contributed by atoms with van der Waals surface area (Å²) < 4.78 is 0. The third kappa shape index (κ3) is 6.12. The monoisotopic (exact) mass is 331 g/mol. The van der Waals surface area contributed by atoms with Gasteiger partial charge in [-0.1, -0.05) is 32.1 Å². The highest BCUT2D eigenvalue weighted by atomic mass is 32.1. The second-order valence-corrected chi connectivity index (χ2v) is 7.40. The van der Waals surface area contributed by atoms with E-state index < -0.39 is 0 Å². The zero-order chi connectivity index (χ0) is 17.2. The van der Waals surface area contributed by atoms with Crippen LogP contribution in [0.1, 0.15) is 49.6 Å². The maximum absolute atomic E-state index is 4.10. The first-order valence-electron chi connectivity index (χ1n) is 8.70. The number of hydrogen-bond acceptors (Lipinski definition) is 2. The molecular weight excluding hydrogens is 298 g/mol. The van der Waals surface area contributed by atoms with E-state index in [1.165, 1.54) is 16.9 Å². The lowest BCUT2D eigenvalue weighted by molar-refractivity contribution is 0.147. The van der Waals surface area contributed by atoms with Gasteiger partial charge in [0, 0.05) is 17.3 Å². The zero-order valence-electron chi connectivity index (χ0n) is 15.1. The molecule has 3 atom stereocenters. The molecule has 3 unspecified atom stereocenters. The van der Waals surface area contributed by atoms with Gasteiger partial charge in [0.25, 0.3) is 0 Å². The Kier molecular flexibility index (Phi) is 9.20. The van der Waals surface area contributed by atoms with Crippen LogP contribution in [-0.2, 0) is 0 Å². The van der Waals surface area contributed by atoms with Crippen molar-refractivity contribution in [3.8, 4) is 0 Å². The van der Waals surface area contributed by atoms with Gasteiger partial charge in [0.1, 0.15) is 0 Å². The van der Waals surface area contributed by atoms with Gasteiger partial charge in [-0.15, -0.1) is 31.1 Å². The van der Waals surface area contributed by atoms with Crippen LogP contribution in [0.2, 0.25) is 0 Å². The van der Waals surface area contributed by atoms with Crippen molar-refractivity contribution >= 4 is 11.3 Å². The van der Waals surface area contributed by atoms with Crippen LogP contribution in [0.15, 0.2) is 49.4 Å². The Hall–Kier alpha value is -1.12. The average molecular weight is 332 g/mol. The van der Waals surface area contributed by atoms with Crippen LogP contribution in [0.4, 0.5) is 0 Å². The molecule has 1 aromatic rings. The molecule has 2 heteroatoms. The van der Waals surface area contributed by atoms with Gasteiger partial charge < -0.3 is 0 Å². The highest BCUT2D eigenvalue weighted by molar-refractivity contribution is 7.10. The number of rotatable bonds is 12. The molecule has 0 N–H and O–H groups in total. The third-order valence-electron chi connectivity index (χ3n) is 4.40. The number of aryl methyl sites for hydroxylation is 1. The number of thiophene rings is 1. The third-order valence-corrected chi connectivity index (χ3v) is 5.52. The van der Waals surface area contributed by atoms with Crippen LogP contribution in [-0.4, -0.2) is 18.0 Å². The van der Waals surface area contributed by atoms with Gasteiger partial charge in [-0.3, -0.25) is 4.90 Å². The van der Waals surface area contributed by atoms with Crippen molar-refractivity contribution < 1.29 is 0 Å². The molecule has 0 radical (unpaired) electrons. The van der Waals surface area contributed by atoms with Gasteiger partial charge in [-0.05, 0) is 55.7 Å². The molecule has 1 rings (SSSR count). The van der Waals surface area contributed by atoms with Gasteiger partial charge in [0.15, 0.2) is 0 Å². The molecule has 0 saturated heterocycles. The van der Waals surface area contributed by atoms with Crippen molar-refractivity contribution in [1.82, 2.24) is 4.90 Å². The van der Waals surface area contributed by atoms with Crippen LogP contribution in [0.25, 0.3) is 0 Å². The predicted molar refractivity (Wildman–Crippen MR) is 106 cm³/mol. The summed E-state index contributed by atoms with van der Waals surface area (Å²) in [5, 5.41) is 2.26. The zero-order valence-corrected chi connectivity index (χ0v) is 15.9. The van der Waals surface area contributed by atoms with Crippen molar-refractivity contribution in [3.63, 3.8) is 0 Å². The fourth-order valence-corrected chi connectivity index (χ4v) is 4.26. The summed E-state index contributed by atoms with van der Waals surface area (Å²) in [6.45, 7) is 20.8. The van der Waals surface area contributed by atoms with Crippen LogP contribution in [0.5, 0.6) is 0 Å². The highest BCUT2D eigenvalue weighted by Gasteiger charge is 2.27. The van der Waals surface area contributed by atoms with Gasteiger partial charge in [-0.2, -0.15) is 0 Å². The summed E-state index contributed by atoms with van der Waals surface area (Å²) >= 11 is 1.88. The second-order valence-electron chi connectivity index (χ2n) is 6.45. The van der Waals surface area contributed by atoms with Crippen LogP contribution in [0.3, 0.4) is 0 Å². The number of nitrogens with zero attached hydrogens (tertiary/aromatic N) is 1. The number of hydrogen-bond donors (Lipinski definition) is 0. The summed E-state index contributed by atoms with van der Waals surface area (Å²) in [5.74, 6) is 1.09. The largest absolute Gasteiger partial charge is 0.295 e.